The van der Waals surface area contributed by atoms with Crippen LogP contribution in [-0.4, -0.2) is 70.0 Å². The van der Waals surface area contributed by atoms with E-state index in [1.165, 1.54) is 0 Å². The van der Waals surface area contributed by atoms with Crippen molar-refractivity contribution < 1.29 is 14.3 Å². The number of nitrogens with zero attached hydrogens (tertiary/aromatic N) is 1. The zero-order chi connectivity index (χ0) is 12.5. The molecule has 1 aliphatic rings. The van der Waals surface area contributed by atoms with Gasteiger partial charge in [0, 0.05) is 46.5 Å². The summed E-state index contributed by atoms with van der Waals surface area (Å²) in [6.45, 7) is 5.18. The van der Waals surface area contributed by atoms with Crippen LogP contribution < -0.4 is 11.1 Å². The first-order valence-corrected chi connectivity index (χ1v) is 6.06. The lowest BCUT2D eigenvalue weighted by molar-refractivity contribution is -0.124. The van der Waals surface area contributed by atoms with Gasteiger partial charge in [0.05, 0.1) is 6.61 Å². The van der Waals surface area contributed by atoms with Crippen molar-refractivity contribution in [1.82, 2.24) is 10.2 Å². The molecule has 0 radical (unpaired) electrons. The van der Waals surface area contributed by atoms with Crippen molar-refractivity contribution in [3.05, 3.63) is 0 Å². The lowest BCUT2D eigenvalue weighted by atomic mass is 10.2. The van der Waals surface area contributed by atoms with E-state index in [-0.39, 0.29) is 11.9 Å². The highest BCUT2D eigenvalue weighted by Crippen LogP contribution is 2.02. The number of hydrogen-bond acceptors (Lipinski definition) is 5. The monoisotopic (exact) mass is 245 g/mol. The van der Waals surface area contributed by atoms with Crippen LogP contribution in [0.5, 0.6) is 0 Å². The van der Waals surface area contributed by atoms with E-state index in [0.29, 0.717) is 19.8 Å². The smallest absolute Gasteiger partial charge is 0.236 e. The summed E-state index contributed by atoms with van der Waals surface area (Å²) in [5.41, 5.74) is 5.35. The number of primary amides is 1. The second kappa shape index (κ2) is 8.41. The molecule has 6 nitrogen and oxygen atoms in total. The van der Waals surface area contributed by atoms with Crippen molar-refractivity contribution in [2.24, 2.45) is 5.73 Å². The molecular weight excluding hydrogens is 222 g/mol. The van der Waals surface area contributed by atoms with Gasteiger partial charge < -0.3 is 20.5 Å². The summed E-state index contributed by atoms with van der Waals surface area (Å²) in [6, 6.07) is -0.202. The Morgan fingerprint density at radius 3 is 3.00 bits per heavy atom. The second-order valence-corrected chi connectivity index (χ2v) is 4.12. The molecule has 1 saturated heterocycles. The maximum Gasteiger partial charge on any atom is 0.236 e. The largest absolute Gasteiger partial charge is 0.385 e. The summed E-state index contributed by atoms with van der Waals surface area (Å²) < 4.78 is 10.4. The molecule has 0 aromatic heterocycles. The average molecular weight is 245 g/mol. The molecule has 0 aliphatic carbocycles. The normalized spacial score (nSPS) is 21.6. The van der Waals surface area contributed by atoms with Gasteiger partial charge in [0.15, 0.2) is 0 Å². The third-order valence-electron chi connectivity index (χ3n) is 2.84. The Morgan fingerprint density at radius 1 is 1.47 bits per heavy atom. The van der Waals surface area contributed by atoms with Crippen molar-refractivity contribution in [2.75, 3.05) is 53.1 Å². The molecule has 1 fully saturated rings. The number of nitrogens with two attached hydrogens (primary N) is 1. The van der Waals surface area contributed by atoms with Crippen molar-refractivity contribution >= 4 is 5.91 Å². The summed E-state index contributed by atoms with van der Waals surface area (Å²) >= 11 is 0. The van der Waals surface area contributed by atoms with Crippen molar-refractivity contribution in [3.63, 3.8) is 0 Å². The van der Waals surface area contributed by atoms with Gasteiger partial charge in [-0.15, -0.1) is 0 Å². The quantitative estimate of drug-likeness (QED) is 0.525. The fraction of sp³-hybridized carbons (Fsp3) is 0.909. The molecule has 0 aromatic rings. The van der Waals surface area contributed by atoms with Crippen LogP contribution in [0, 0.1) is 0 Å². The SMILES string of the molecule is COCCCOCCN1CCNCC1C(N)=O. The zero-order valence-electron chi connectivity index (χ0n) is 10.5. The summed E-state index contributed by atoms with van der Waals surface area (Å²) in [7, 11) is 1.68. The number of carbonyl (C=O) groups is 1. The minimum Gasteiger partial charge on any atom is -0.385 e. The van der Waals surface area contributed by atoms with Gasteiger partial charge in [-0.2, -0.15) is 0 Å². The predicted octanol–water partition coefficient (Wildman–Crippen LogP) is -1.20. The molecule has 1 heterocycles. The number of hydrogen-bond donors (Lipinski definition) is 2. The molecule has 1 atom stereocenters. The van der Waals surface area contributed by atoms with Crippen LogP contribution >= 0.6 is 0 Å². The Kier molecular flexibility index (Phi) is 7.11. The van der Waals surface area contributed by atoms with E-state index in [2.05, 4.69) is 10.2 Å². The van der Waals surface area contributed by atoms with E-state index >= 15 is 0 Å². The molecule has 0 saturated carbocycles. The summed E-state index contributed by atoms with van der Waals surface area (Å²) in [5, 5.41) is 3.16. The summed E-state index contributed by atoms with van der Waals surface area (Å²) in [4.78, 5) is 13.3. The number of carbonyl (C=O) groups excluding carboxylic acids is 1. The number of ether oxygens (including phenoxy) is 2. The molecular formula is C11H23N3O3. The Labute approximate surface area is 102 Å². The second-order valence-electron chi connectivity index (χ2n) is 4.12. The standard InChI is InChI=1S/C11H23N3O3/c1-16-6-2-7-17-8-5-14-4-3-13-9-10(14)11(12)15/h10,13H,2-9H2,1H3,(H2,12,15). The van der Waals surface area contributed by atoms with Gasteiger partial charge in [-0.1, -0.05) is 0 Å². The van der Waals surface area contributed by atoms with Gasteiger partial charge in [-0.3, -0.25) is 9.69 Å². The van der Waals surface area contributed by atoms with Crippen LogP contribution in [0.25, 0.3) is 0 Å². The molecule has 6 heteroatoms. The molecule has 0 spiro atoms. The highest BCUT2D eigenvalue weighted by molar-refractivity contribution is 5.80. The predicted molar refractivity (Wildman–Crippen MR) is 64.7 cm³/mol. The van der Waals surface area contributed by atoms with E-state index in [9.17, 15) is 4.79 Å². The average Bonchev–Trinajstić information content (AvgIpc) is 2.34. The molecule has 1 aliphatic heterocycles. The first-order chi connectivity index (χ1) is 8.25. The molecule has 0 bridgehead atoms. The van der Waals surface area contributed by atoms with Crippen LogP contribution in [0.4, 0.5) is 0 Å². The Bertz CT molecular complexity index is 226. The van der Waals surface area contributed by atoms with Gasteiger partial charge in [0.2, 0.25) is 5.91 Å². The molecule has 0 aromatic carbocycles. The van der Waals surface area contributed by atoms with Crippen LogP contribution in [0.3, 0.4) is 0 Å². The van der Waals surface area contributed by atoms with Crippen molar-refractivity contribution in [1.29, 1.82) is 0 Å². The van der Waals surface area contributed by atoms with Crippen LogP contribution in [0.1, 0.15) is 6.42 Å². The van der Waals surface area contributed by atoms with Crippen molar-refractivity contribution in [3.8, 4) is 0 Å². The van der Waals surface area contributed by atoms with E-state index in [0.717, 1.165) is 32.7 Å². The highest BCUT2D eigenvalue weighted by Gasteiger charge is 2.25. The van der Waals surface area contributed by atoms with Crippen LogP contribution in [0.2, 0.25) is 0 Å². The lowest BCUT2D eigenvalue weighted by Crippen LogP contribution is -2.57. The topological polar surface area (TPSA) is 76.8 Å². The van der Waals surface area contributed by atoms with E-state index in [1.54, 1.807) is 7.11 Å². The maximum atomic E-state index is 11.2. The van der Waals surface area contributed by atoms with Gasteiger partial charge in [-0.25, -0.2) is 0 Å². The fourth-order valence-electron chi connectivity index (χ4n) is 1.88. The molecule has 1 rings (SSSR count). The van der Waals surface area contributed by atoms with Gasteiger partial charge in [0.1, 0.15) is 6.04 Å². The number of piperazine rings is 1. The third kappa shape index (κ3) is 5.45. The number of methoxy groups -OCH3 is 1. The van der Waals surface area contributed by atoms with E-state index in [4.69, 9.17) is 15.2 Å². The van der Waals surface area contributed by atoms with Crippen LogP contribution in [-0.2, 0) is 14.3 Å². The molecule has 1 unspecified atom stereocenters. The van der Waals surface area contributed by atoms with Crippen molar-refractivity contribution in [2.45, 2.75) is 12.5 Å². The molecule has 1 amide bonds. The maximum absolute atomic E-state index is 11.2. The summed E-state index contributed by atoms with van der Waals surface area (Å²) in [6.07, 6.45) is 0.900. The summed E-state index contributed by atoms with van der Waals surface area (Å²) in [5.74, 6) is -0.267. The number of nitrogens with one attached hydrogen (secondary N) is 1. The Hall–Kier alpha value is -0.690. The molecule has 3 N–H and O–H groups in total. The first-order valence-electron chi connectivity index (χ1n) is 6.06. The molecule has 17 heavy (non-hydrogen) atoms. The van der Waals surface area contributed by atoms with Gasteiger partial charge >= 0.3 is 0 Å². The minimum atomic E-state index is -0.267. The number of amides is 1. The van der Waals surface area contributed by atoms with E-state index < -0.39 is 0 Å². The van der Waals surface area contributed by atoms with Crippen LogP contribution in [0.15, 0.2) is 0 Å². The highest BCUT2D eigenvalue weighted by atomic mass is 16.5. The Morgan fingerprint density at radius 2 is 2.29 bits per heavy atom. The van der Waals surface area contributed by atoms with E-state index in [1.807, 2.05) is 0 Å². The minimum absolute atomic E-state index is 0.202. The lowest BCUT2D eigenvalue weighted by Gasteiger charge is -2.33. The van der Waals surface area contributed by atoms with Gasteiger partial charge in [-0.05, 0) is 6.42 Å². The Balaban J connectivity index is 2.13. The number of rotatable bonds is 8. The zero-order valence-corrected chi connectivity index (χ0v) is 10.5. The first kappa shape index (κ1) is 14.4. The van der Waals surface area contributed by atoms with Gasteiger partial charge in [0.25, 0.3) is 0 Å². The third-order valence-corrected chi connectivity index (χ3v) is 2.84. The fourth-order valence-corrected chi connectivity index (χ4v) is 1.88. The molecule has 100 valence electrons.